The molecule has 2 N–H and O–H groups in total. The van der Waals surface area contributed by atoms with Gasteiger partial charge >= 0.3 is 0 Å². The summed E-state index contributed by atoms with van der Waals surface area (Å²) in [6.07, 6.45) is 1.72. The quantitative estimate of drug-likeness (QED) is 0.556. The van der Waals surface area contributed by atoms with Crippen LogP contribution in [0.1, 0.15) is 5.69 Å². The minimum atomic E-state index is 0.542. The maximum atomic E-state index is 5.78. The number of anilines is 1. The Hall–Kier alpha value is -2.15. The second-order valence-corrected chi connectivity index (χ2v) is 4.71. The molecule has 6 nitrogen and oxygen atoms in total. The van der Waals surface area contributed by atoms with Crippen molar-refractivity contribution >= 4 is 28.5 Å². The molecule has 0 atom stereocenters. The summed E-state index contributed by atoms with van der Waals surface area (Å²) in [5, 5.41) is 8.28. The molecule has 0 bridgehead atoms. The van der Waals surface area contributed by atoms with E-state index in [1.54, 1.807) is 12.3 Å². The third-order valence-corrected chi connectivity index (χ3v) is 3.31. The summed E-state index contributed by atoms with van der Waals surface area (Å²) in [4.78, 5) is 9.38. The maximum absolute atomic E-state index is 5.78. The third-order valence-electron chi connectivity index (χ3n) is 2.38. The van der Waals surface area contributed by atoms with Gasteiger partial charge in [-0.25, -0.2) is 14.6 Å². The molecule has 2 heterocycles. The van der Waals surface area contributed by atoms with Crippen LogP contribution in [-0.2, 0) is 0 Å². The van der Waals surface area contributed by atoms with E-state index in [1.807, 2.05) is 19.1 Å². The molecule has 0 aliphatic heterocycles. The molecular formula is C11H9N5OS. The summed E-state index contributed by atoms with van der Waals surface area (Å²) in [6, 6.07) is 5.48. The maximum Gasteiger partial charge on any atom is 0.192 e. The van der Waals surface area contributed by atoms with Gasteiger partial charge in [0.1, 0.15) is 0 Å². The van der Waals surface area contributed by atoms with Gasteiger partial charge in [-0.05, 0) is 47.2 Å². The van der Waals surface area contributed by atoms with Crippen molar-refractivity contribution in [2.45, 2.75) is 17.0 Å². The van der Waals surface area contributed by atoms with Gasteiger partial charge < -0.3 is 5.73 Å². The van der Waals surface area contributed by atoms with E-state index in [2.05, 4.69) is 20.3 Å². The summed E-state index contributed by atoms with van der Waals surface area (Å²) in [6.45, 7) is 1.92. The molecular weight excluding hydrogens is 250 g/mol. The number of rotatable bonds is 2. The molecule has 0 aliphatic rings. The summed E-state index contributed by atoms with van der Waals surface area (Å²) < 4.78 is 4.71. The highest BCUT2D eigenvalue weighted by Crippen LogP contribution is 2.32. The number of nitrogen functional groups attached to an aromatic ring is 1. The van der Waals surface area contributed by atoms with E-state index in [0.29, 0.717) is 21.9 Å². The molecule has 0 fully saturated rings. The average Bonchev–Trinajstić information content (AvgIpc) is 2.83. The summed E-state index contributed by atoms with van der Waals surface area (Å²) >= 11 is 1.40. The molecule has 0 amide bonds. The van der Waals surface area contributed by atoms with E-state index >= 15 is 0 Å². The van der Waals surface area contributed by atoms with Crippen LogP contribution < -0.4 is 5.73 Å². The Morgan fingerprint density at radius 2 is 2.00 bits per heavy atom. The lowest BCUT2D eigenvalue weighted by atomic mass is 10.3. The van der Waals surface area contributed by atoms with Crippen LogP contribution in [0.5, 0.6) is 0 Å². The van der Waals surface area contributed by atoms with Gasteiger partial charge in [-0.15, -0.1) is 0 Å². The Bertz CT molecular complexity index is 711. The third kappa shape index (κ3) is 1.88. The highest BCUT2D eigenvalue weighted by molar-refractivity contribution is 7.99. The van der Waals surface area contributed by atoms with Crippen LogP contribution in [0.2, 0.25) is 0 Å². The van der Waals surface area contributed by atoms with Crippen molar-refractivity contribution in [3.63, 3.8) is 0 Å². The number of benzene rings is 1. The van der Waals surface area contributed by atoms with Crippen LogP contribution in [-0.4, -0.2) is 20.3 Å². The first-order valence-corrected chi connectivity index (χ1v) is 6.04. The van der Waals surface area contributed by atoms with Crippen molar-refractivity contribution in [2.24, 2.45) is 0 Å². The van der Waals surface area contributed by atoms with Crippen LogP contribution in [0.15, 0.2) is 39.1 Å². The van der Waals surface area contributed by atoms with Crippen LogP contribution in [0.3, 0.4) is 0 Å². The van der Waals surface area contributed by atoms with Gasteiger partial charge in [0.25, 0.3) is 0 Å². The zero-order valence-electron chi connectivity index (χ0n) is 9.49. The first kappa shape index (κ1) is 11.0. The first-order valence-electron chi connectivity index (χ1n) is 5.22. The first-order chi connectivity index (χ1) is 8.74. The van der Waals surface area contributed by atoms with E-state index in [4.69, 9.17) is 10.4 Å². The highest BCUT2D eigenvalue weighted by Gasteiger charge is 2.12. The monoisotopic (exact) mass is 259 g/mol. The molecule has 18 heavy (non-hydrogen) atoms. The molecule has 2 aromatic heterocycles. The van der Waals surface area contributed by atoms with E-state index in [1.165, 1.54) is 11.8 Å². The van der Waals surface area contributed by atoms with Crippen molar-refractivity contribution in [3.8, 4) is 0 Å². The fourth-order valence-electron chi connectivity index (χ4n) is 1.52. The molecule has 7 heteroatoms. The van der Waals surface area contributed by atoms with Gasteiger partial charge in [-0.1, -0.05) is 0 Å². The van der Waals surface area contributed by atoms with E-state index in [9.17, 15) is 0 Å². The molecule has 0 aliphatic carbocycles. The van der Waals surface area contributed by atoms with Crippen LogP contribution >= 0.6 is 11.8 Å². The number of aryl methyl sites for hydroxylation is 1. The zero-order valence-corrected chi connectivity index (χ0v) is 10.3. The smallest absolute Gasteiger partial charge is 0.192 e. The number of nitrogens with two attached hydrogens (primary N) is 1. The number of hydrogen-bond donors (Lipinski definition) is 1. The predicted octanol–water partition coefficient (Wildman–Crippen LogP) is 2.05. The van der Waals surface area contributed by atoms with Crippen molar-refractivity contribution in [1.29, 1.82) is 0 Å². The number of aromatic nitrogens is 4. The Morgan fingerprint density at radius 3 is 2.83 bits per heavy atom. The van der Waals surface area contributed by atoms with Crippen LogP contribution in [0.4, 0.5) is 5.69 Å². The van der Waals surface area contributed by atoms with Gasteiger partial charge in [0.2, 0.25) is 0 Å². The molecule has 3 rings (SSSR count). The van der Waals surface area contributed by atoms with E-state index < -0.39 is 0 Å². The van der Waals surface area contributed by atoms with Gasteiger partial charge in [-0.3, -0.25) is 0 Å². The minimum absolute atomic E-state index is 0.542. The second kappa shape index (κ2) is 4.26. The normalized spacial score (nSPS) is 10.9. The Labute approximate surface area is 107 Å². The second-order valence-electron chi connectivity index (χ2n) is 3.70. The van der Waals surface area contributed by atoms with Crippen molar-refractivity contribution in [3.05, 3.63) is 30.1 Å². The van der Waals surface area contributed by atoms with Crippen LogP contribution in [0, 0.1) is 6.92 Å². The molecule has 3 aromatic rings. The fraction of sp³-hybridized carbons (Fsp3) is 0.0909. The SMILES string of the molecule is Cc1ccnc(Sc2ccc(N)c3nonc23)n1. The van der Waals surface area contributed by atoms with Crippen LogP contribution in [0.25, 0.3) is 11.0 Å². The molecule has 0 spiro atoms. The summed E-state index contributed by atoms with van der Waals surface area (Å²) in [5.41, 5.74) is 8.43. The zero-order chi connectivity index (χ0) is 12.5. The summed E-state index contributed by atoms with van der Waals surface area (Å²) in [5.74, 6) is 0. The molecule has 0 saturated heterocycles. The Balaban J connectivity index is 2.05. The van der Waals surface area contributed by atoms with Gasteiger partial charge in [0.15, 0.2) is 16.2 Å². The van der Waals surface area contributed by atoms with Gasteiger partial charge in [0, 0.05) is 16.8 Å². The molecule has 0 radical (unpaired) electrons. The average molecular weight is 259 g/mol. The van der Waals surface area contributed by atoms with Crippen molar-refractivity contribution in [1.82, 2.24) is 20.3 Å². The minimum Gasteiger partial charge on any atom is -0.397 e. The van der Waals surface area contributed by atoms with Crippen molar-refractivity contribution in [2.75, 3.05) is 5.73 Å². The lowest BCUT2D eigenvalue weighted by molar-refractivity contribution is 0.315. The predicted molar refractivity (Wildman–Crippen MR) is 67.1 cm³/mol. The molecule has 90 valence electrons. The molecule has 1 aromatic carbocycles. The van der Waals surface area contributed by atoms with Gasteiger partial charge in [-0.2, -0.15) is 0 Å². The van der Waals surface area contributed by atoms with Crippen molar-refractivity contribution < 1.29 is 4.63 Å². The lowest BCUT2D eigenvalue weighted by Crippen LogP contribution is -1.90. The lowest BCUT2D eigenvalue weighted by Gasteiger charge is -2.01. The Morgan fingerprint density at radius 1 is 1.17 bits per heavy atom. The van der Waals surface area contributed by atoms with E-state index in [-0.39, 0.29) is 0 Å². The summed E-state index contributed by atoms with van der Waals surface area (Å²) in [7, 11) is 0. The number of nitrogens with zero attached hydrogens (tertiary/aromatic N) is 4. The Kier molecular flexibility index (Phi) is 2.60. The number of fused-ring (bicyclic) bond motifs is 1. The molecule has 0 saturated carbocycles. The van der Waals surface area contributed by atoms with Gasteiger partial charge in [0.05, 0.1) is 5.69 Å². The van der Waals surface area contributed by atoms with E-state index in [0.717, 1.165) is 10.6 Å². The fourth-order valence-corrected chi connectivity index (χ4v) is 2.39. The largest absolute Gasteiger partial charge is 0.397 e. The topological polar surface area (TPSA) is 90.7 Å². The standard InChI is InChI=1S/C11H9N5OS/c1-6-4-5-13-11(14-6)18-8-3-2-7(12)9-10(8)16-17-15-9/h2-5H,12H2,1H3. The highest BCUT2D eigenvalue weighted by atomic mass is 32.2. The molecule has 0 unspecified atom stereocenters. The number of hydrogen-bond acceptors (Lipinski definition) is 7.